The van der Waals surface area contributed by atoms with Crippen molar-refractivity contribution >= 4 is 39.9 Å². The van der Waals surface area contributed by atoms with Crippen LogP contribution in [0.3, 0.4) is 0 Å². The Bertz CT molecular complexity index is 830. The molecule has 0 heterocycles. The SMILES string of the molecule is CN(C)CCNC(=O)c1cccc2cc3ccccc3cc12.Cl. The molecular weight excluding hydrogens is 308 g/mol. The Kier molecular flexibility index (Phi) is 5.59. The average molecular weight is 329 g/mol. The lowest BCUT2D eigenvalue weighted by atomic mass is 9.99. The van der Waals surface area contributed by atoms with E-state index in [1.165, 1.54) is 5.39 Å². The van der Waals surface area contributed by atoms with E-state index >= 15 is 0 Å². The van der Waals surface area contributed by atoms with E-state index in [0.717, 1.165) is 28.3 Å². The molecular formula is C19H21ClN2O. The number of carbonyl (C=O) groups excluding carboxylic acids is 1. The summed E-state index contributed by atoms with van der Waals surface area (Å²) in [6.07, 6.45) is 0. The first kappa shape index (κ1) is 17.3. The summed E-state index contributed by atoms with van der Waals surface area (Å²) < 4.78 is 0. The van der Waals surface area contributed by atoms with Crippen LogP contribution in [-0.4, -0.2) is 38.0 Å². The molecule has 0 unspecified atom stereocenters. The highest BCUT2D eigenvalue weighted by molar-refractivity contribution is 6.10. The maximum absolute atomic E-state index is 12.4. The number of halogens is 1. The van der Waals surface area contributed by atoms with Crippen LogP contribution in [0.15, 0.2) is 54.6 Å². The molecule has 0 bridgehead atoms. The molecule has 0 radical (unpaired) electrons. The first-order valence-electron chi connectivity index (χ1n) is 7.49. The standard InChI is InChI=1S/C19H20N2O.ClH/c1-21(2)11-10-20-19(22)17-9-5-8-16-12-14-6-3-4-7-15(14)13-18(16)17;/h3-9,12-13H,10-11H2,1-2H3,(H,20,22);1H. The maximum atomic E-state index is 12.4. The molecule has 3 rings (SSSR count). The van der Waals surface area contributed by atoms with Crippen molar-refractivity contribution in [1.82, 2.24) is 10.2 Å². The summed E-state index contributed by atoms with van der Waals surface area (Å²) in [4.78, 5) is 14.5. The largest absolute Gasteiger partial charge is 0.351 e. The lowest BCUT2D eigenvalue weighted by molar-refractivity contribution is 0.0952. The van der Waals surface area contributed by atoms with Gasteiger partial charge in [-0.1, -0.05) is 36.4 Å². The highest BCUT2D eigenvalue weighted by Gasteiger charge is 2.10. The Hall–Kier alpha value is -2.10. The van der Waals surface area contributed by atoms with Gasteiger partial charge in [-0.15, -0.1) is 12.4 Å². The van der Waals surface area contributed by atoms with Crippen molar-refractivity contribution in [3.8, 4) is 0 Å². The van der Waals surface area contributed by atoms with Crippen LogP contribution in [0.1, 0.15) is 10.4 Å². The number of nitrogens with zero attached hydrogens (tertiary/aromatic N) is 1. The summed E-state index contributed by atoms with van der Waals surface area (Å²) in [6, 6.07) is 18.4. The highest BCUT2D eigenvalue weighted by atomic mass is 35.5. The van der Waals surface area contributed by atoms with E-state index in [0.29, 0.717) is 6.54 Å². The van der Waals surface area contributed by atoms with Gasteiger partial charge >= 0.3 is 0 Å². The number of rotatable bonds is 4. The van der Waals surface area contributed by atoms with Crippen LogP contribution >= 0.6 is 12.4 Å². The van der Waals surface area contributed by atoms with Gasteiger partial charge in [-0.3, -0.25) is 4.79 Å². The number of benzene rings is 3. The lowest BCUT2D eigenvalue weighted by Gasteiger charge is -2.12. The minimum absolute atomic E-state index is 0. The average Bonchev–Trinajstić information content (AvgIpc) is 2.51. The normalized spacial score (nSPS) is 10.7. The molecule has 0 saturated heterocycles. The summed E-state index contributed by atoms with van der Waals surface area (Å²) in [6.45, 7) is 1.48. The van der Waals surface area contributed by atoms with Gasteiger partial charge in [0.15, 0.2) is 0 Å². The Morgan fingerprint density at radius 2 is 1.61 bits per heavy atom. The third kappa shape index (κ3) is 3.81. The second-order valence-electron chi connectivity index (χ2n) is 5.79. The molecule has 0 aliphatic carbocycles. The molecule has 1 N–H and O–H groups in total. The molecule has 0 fully saturated rings. The topological polar surface area (TPSA) is 32.3 Å². The van der Waals surface area contributed by atoms with Crippen LogP contribution in [0.2, 0.25) is 0 Å². The van der Waals surface area contributed by atoms with E-state index in [2.05, 4.69) is 40.5 Å². The molecule has 3 aromatic carbocycles. The minimum Gasteiger partial charge on any atom is -0.351 e. The quantitative estimate of drug-likeness (QED) is 0.740. The summed E-state index contributed by atoms with van der Waals surface area (Å²) >= 11 is 0. The number of hydrogen-bond acceptors (Lipinski definition) is 2. The number of fused-ring (bicyclic) bond motifs is 2. The van der Waals surface area contributed by atoms with Crippen molar-refractivity contribution in [2.45, 2.75) is 0 Å². The number of carbonyl (C=O) groups is 1. The van der Waals surface area contributed by atoms with Crippen LogP contribution in [0.4, 0.5) is 0 Å². The van der Waals surface area contributed by atoms with E-state index in [1.54, 1.807) is 0 Å². The summed E-state index contributed by atoms with van der Waals surface area (Å²) in [5, 5.41) is 7.44. The van der Waals surface area contributed by atoms with E-state index in [-0.39, 0.29) is 18.3 Å². The van der Waals surface area contributed by atoms with Crippen molar-refractivity contribution in [1.29, 1.82) is 0 Å². The fourth-order valence-electron chi connectivity index (χ4n) is 2.65. The molecule has 4 heteroatoms. The monoisotopic (exact) mass is 328 g/mol. The molecule has 1 amide bonds. The molecule has 0 aromatic heterocycles. The van der Waals surface area contributed by atoms with E-state index in [1.807, 2.05) is 38.4 Å². The second-order valence-corrected chi connectivity index (χ2v) is 5.79. The van der Waals surface area contributed by atoms with Crippen LogP contribution in [0.25, 0.3) is 21.5 Å². The van der Waals surface area contributed by atoms with Gasteiger partial charge in [0, 0.05) is 18.7 Å². The predicted molar refractivity (Wildman–Crippen MR) is 99.6 cm³/mol. The van der Waals surface area contributed by atoms with Gasteiger partial charge in [0.25, 0.3) is 5.91 Å². The number of amides is 1. The van der Waals surface area contributed by atoms with Gasteiger partial charge in [0.05, 0.1) is 0 Å². The zero-order valence-corrected chi connectivity index (χ0v) is 14.2. The van der Waals surface area contributed by atoms with E-state index in [9.17, 15) is 4.79 Å². The highest BCUT2D eigenvalue weighted by Crippen LogP contribution is 2.25. The summed E-state index contributed by atoms with van der Waals surface area (Å²) in [5.74, 6) is -0.0114. The Morgan fingerprint density at radius 1 is 0.957 bits per heavy atom. The first-order chi connectivity index (χ1) is 10.6. The smallest absolute Gasteiger partial charge is 0.251 e. The fourth-order valence-corrected chi connectivity index (χ4v) is 2.65. The zero-order chi connectivity index (χ0) is 15.5. The van der Waals surface area contributed by atoms with E-state index in [4.69, 9.17) is 0 Å². The second kappa shape index (κ2) is 7.44. The van der Waals surface area contributed by atoms with Gasteiger partial charge in [0.1, 0.15) is 0 Å². The third-order valence-electron chi connectivity index (χ3n) is 3.84. The number of hydrogen-bond donors (Lipinski definition) is 1. The van der Waals surface area contributed by atoms with Crippen molar-refractivity contribution in [3.63, 3.8) is 0 Å². The van der Waals surface area contributed by atoms with E-state index < -0.39 is 0 Å². The molecule has 0 aliphatic rings. The van der Waals surface area contributed by atoms with Crippen molar-refractivity contribution < 1.29 is 4.79 Å². The first-order valence-corrected chi connectivity index (χ1v) is 7.49. The molecule has 0 aliphatic heterocycles. The molecule has 120 valence electrons. The predicted octanol–water partition coefficient (Wildman–Crippen LogP) is 3.71. The van der Waals surface area contributed by atoms with Crippen molar-refractivity contribution in [3.05, 3.63) is 60.2 Å². The van der Waals surface area contributed by atoms with Crippen LogP contribution < -0.4 is 5.32 Å². The van der Waals surface area contributed by atoms with Gasteiger partial charge in [-0.2, -0.15) is 0 Å². The zero-order valence-electron chi connectivity index (χ0n) is 13.4. The van der Waals surface area contributed by atoms with Crippen LogP contribution in [0.5, 0.6) is 0 Å². The van der Waals surface area contributed by atoms with Gasteiger partial charge in [-0.05, 0) is 53.8 Å². The maximum Gasteiger partial charge on any atom is 0.251 e. The van der Waals surface area contributed by atoms with Gasteiger partial charge < -0.3 is 10.2 Å². The van der Waals surface area contributed by atoms with Crippen molar-refractivity contribution in [2.24, 2.45) is 0 Å². The van der Waals surface area contributed by atoms with Crippen LogP contribution in [0, 0.1) is 0 Å². The Balaban J connectivity index is 0.00000192. The molecule has 3 aromatic rings. The Morgan fingerprint density at radius 3 is 2.30 bits per heavy atom. The summed E-state index contributed by atoms with van der Waals surface area (Å²) in [7, 11) is 3.99. The van der Waals surface area contributed by atoms with Crippen molar-refractivity contribution in [2.75, 3.05) is 27.2 Å². The molecule has 0 spiro atoms. The number of nitrogens with one attached hydrogen (secondary N) is 1. The molecule has 3 nitrogen and oxygen atoms in total. The lowest BCUT2D eigenvalue weighted by Crippen LogP contribution is -2.31. The van der Waals surface area contributed by atoms with Crippen LogP contribution in [-0.2, 0) is 0 Å². The number of likely N-dealkylation sites (N-methyl/N-ethyl adjacent to an activating group) is 1. The molecule has 0 atom stereocenters. The fraction of sp³-hybridized carbons (Fsp3) is 0.211. The third-order valence-corrected chi connectivity index (χ3v) is 3.84. The summed E-state index contributed by atoms with van der Waals surface area (Å²) in [5.41, 5.74) is 0.738. The van der Waals surface area contributed by atoms with Gasteiger partial charge in [0.2, 0.25) is 0 Å². The molecule has 0 saturated carbocycles. The Labute approximate surface area is 142 Å². The van der Waals surface area contributed by atoms with Gasteiger partial charge in [-0.25, -0.2) is 0 Å². The molecule has 23 heavy (non-hydrogen) atoms. The minimum atomic E-state index is -0.0114.